The number of carbonyl (C=O) groups excluding carboxylic acids is 1. The number of nitrogens with zero attached hydrogens (tertiary/aromatic N) is 1. The van der Waals surface area contributed by atoms with Crippen molar-refractivity contribution in [3.05, 3.63) is 29.3 Å². The fraction of sp³-hybridized carbons (Fsp3) is 0.533. The summed E-state index contributed by atoms with van der Waals surface area (Å²) in [5.41, 5.74) is 3.31. The van der Waals surface area contributed by atoms with Gasteiger partial charge in [0.2, 0.25) is 0 Å². The van der Waals surface area contributed by atoms with Gasteiger partial charge in [-0.15, -0.1) is 12.4 Å². The minimum Gasteiger partial charge on any atom is -0.384 e. The fourth-order valence-corrected chi connectivity index (χ4v) is 3.08. The van der Waals surface area contributed by atoms with Crippen molar-refractivity contribution >= 4 is 24.0 Å². The third kappa shape index (κ3) is 2.44. The zero-order valence-electron chi connectivity index (χ0n) is 11.5. The van der Waals surface area contributed by atoms with Crippen LogP contribution in [0.3, 0.4) is 0 Å². The predicted molar refractivity (Wildman–Crippen MR) is 80.2 cm³/mol. The largest absolute Gasteiger partial charge is 0.384 e. The van der Waals surface area contributed by atoms with Gasteiger partial charge < -0.3 is 10.2 Å². The Hall–Kier alpha value is -1.22. The number of hydrogen-bond acceptors (Lipinski definition) is 2. The van der Waals surface area contributed by atoms with Crippen LogP contribution >= 0.6 is 12.4 Å². The molecule has 1 amide bonds. The summed E-state index contributed by atoms with van der Waals surface area (Å²) in [4.78, 5) is 14.6. The van der Waals surface area contributed by atoms with Gasteiger partial charge in [-0.2, -0.15) is 0 Å². The molecule has 3 rings (SSSR count). The highest BCUT2D eigenvalue weighted by atomic mass is 35.5. The van der Waals surface area contributed by atoms with E-state index in [0.717, 1.165) is 37.9 Å². The lowest BCUT2D eigenvalue weighted by atomic mass is 10.0. The second-order valence-electron chi connectivity index (χ2n) is 5.92. The molecular formula is C15H21ClN2O. The van der Waals surface area contributed by atoms with Crippen LogP contribution in [-0.2, 0) is 6.42 Å². The average Bonchev–Trinajstić information content (AvgIpc) is 2.92. The molecule has 1 saturated heterocycles. The molecule has 0 spiro atoms. The molecular weight excluding hydrogens is 260 g/mol. The summed E-state index contributed by atoms with van der Waals surface area (Å²) in [6.45, 7) is 6.20. The Balaban J connectivity index is 0.00000133. The van der Waals surface area contributed by atoms with Gasteiger partial charge in [-0.1, -0.05) is 0 Å². The van der Waals surface area contributed by atoms with Crippen molar-refractivity contribution in [2.24, 2.45) is 0 Å². The molecule has 2 heterocycles. The van der Waals surface area contributed by atoms with E-state index in [9.17, 15) is 4.79 Å². The maximum absolute atomic E-state index is 12.6. The van der Waals surface area contributed by atoms with E-state index in [1.165, 1.54) is 11.3 Å². The molecule has 3 nitrogen and oxygen atoms in total. The number of halogens is 1. The number of likely N-dealkylation sites (tertiary alicyclic amines) is 1. The maximum atomic E-state index is 12.6. The zero-order chi connectivity index (χ0) is 12.8. The Kier molecular flexibility index (Phi) is 3.77. The summed E-state index contributed by atoms with van der Waals surface area (Å²) in [5, 5.41) is 3.33. The molecule has 1 fully saturated rings. The first-order valence-corrected chi connectivity index (χ1v) is 6.77. The molecule has 1 aromatic rings. The summed E-state index contributed by atoms with van der Waals surface area (Å²) >= 11 is 0. The number of benzene rings is 1. The van der Waals surface area contributed by atoms with Crippen LogP contribution in [0.1, 0.15) is 42.6 Å². The molecule has 2 aliphatic heterocycles. The van der Waals surface area contributed by atoms with Crippen LogP contribution in [0.4, 0.5) is 5.69 Å². The quantitative estimate of drug-likeness (QED) is 0.857. The summed E-state index contributed by atoms with van der Waals surface area (Å²) in [5.74, 6) is 0.187. The number of nitrogens with one attached hydrogen (secondary N) is 1. The van der Waals surface area contributed by atoms with Gasteiger partial charge in [0.05, 0.1) is 0 Å². The molecule has 19 heavy (non-hydrogen) atoms. The molecule has 1 aromatic carbocycles. The average molecular weight is 281 g/mol. The molecule has 4 heteroatoms. The Morgan fingerprint density at radius 2 is 2.16 bits per heavy atom. The van der Waals surface area contributed by atoms with E-state index in [4.69, 9.17) is 0 Å². The van der Waals surface area contributed by atoms with Crippen molar-refractivity contribution in [3.63, 3.8) is 0 Å². The highest BCUT2D eigenvalue weighted by Gasteiger charge is 2.35. The van der Waals surface area contributed by atoms with Crippen molar-refractivity contribution in [2.75, 3.05) is 18.4 Å². The van der Waals surface area contributed by atoms with E-state index in [1.807, 2.05) is 17.0 Å². The van der Waals surface area contributed by atoms with E-state index < -0.39 is 0 Å². The van der Waals surface area contributed by atoms with Crippen LogP contribution in [0.5, 0.6) is 0 Å². The van der Waals surface area contributed by atoms with Gasteiger partial charge in [0.1, 0.15) is 0 Å². The number of carbonyl (C=O) groups is 1. The normalized spacial score (nSPS) is 19.6. The molecule has 104 valence electrons. The van der Waals surface area contributed by atoms with Crippen LogP contribution in [-0.4, -0.2) is 29.4 Å². The van der Waals surface area contributed by atoms with Gasteiger partial charge in [0, 0.05) is 29.9 Å². The van der Waals surface area contributed by atoms with Crippen molar-refractivity contribution in [2.45, 2.75) is 38.6 Å². The lowest BCUT2D eigenvalue weighted by molar-refractivity contribution is 0.0652. The Labute approximate surface area is 120 Å². The first-order chi connectivity index (χ1) is 8.58. The van der Waals surface area contributed by atoms with E-state index in [0.29, 0.717) is 0 Å². The first kappa shape index (κ1) is 14.2. The lowest BCUT2D eigenvalue weighted by Crippen LogP contribution is -2.42. The van der Waals surface area contributed by atoms with Crippen LogP contribution in [0, 0.1) is 0 Å². The third-order valence-corrected chi connectivity index (χ3v) is 4.21. The van der Waals surface area contributed by atoms with Crippen LogP contribution in [0.15, 0.2) is 18.2 Å². The van der Waals surface area contributed by atoms with Gasteiger partial charge >= 0.3 is 0 Å². The molecule has 0 unspecified atom stereocenters. The lowest BCUT2D eigenvalue weighted by Gasteiger charge is -2.31. The second kappa shape index (κ2) is 5.04. The molecule has 0 aliphatic carbocycles. The monoisotopic (exact) mass is 280 g/mol. The van der Waals surface area contributed by atoms with Crippen LogP contribution in [0.25, 0.3) is 0 Å². The molecule has 1 N–H and O–H groups in total. The van der Waals surface area contributed by atoms with Gasteiger partial charge in [0.15, 0.2) is 0 Å². The SMILES string of the molecule is CC1(C)CCCN1C(=O)c1ccc2c(c1)CCN2.Cl. The van der Waals surface area contributed by atoms with Gasteiger partial charge in [-0.3, -0.25) is 4.79 Å². The van der Waals surface area contributed by atoms with E-state index >= 15 is 0 Å². The summed E-state index contributed by atoms with van der Waals surface area (Å²) in [6, 6.07) is 6.05. The topological polar surface area (TPSA) is 32.3 Å². The van der Waals surface area contributed by atoms with Crippen molar-refractivity contribution in [1.29, 1.82) is 0 Å². The van der Waals surface area contributed by atoms with Gasteiger partial charge in [-0.05, 0) is 56.9 Å². The Morgan fingerprint density at radius 1 is 1.37 bits per heavy atom. The number of rotatable bonds is 1. The van der Waals surface area contributed by atoms with E-state index in [1.54, 1.807) is 0 Å². The fourth-order valence-electron chi connectivity index (χ4n) is 3.08. The molecule has 0 atom stereocenters. The third-order valence-electron chi connectivity index (χ3n) is 4.21. The van der Waals surface area contributed by atoms with Crippen LogP contribution in [0.2, 0.25) is 0 Å². The van der Waals surface area contributed by atoms with E-state index in [-0.39, 0.29) is 23.9 Å². The summed E-state index contributed by atoms with van der Waals surface area (Å²) < 4.78 is 0. The van der Waals surface area contributed by atoms with Gasteiger partial charge in [0.25, 0.3) is 5.91 Å². The minimum absolute atomic E-state index is 0. The second-order valence-corrected chi connectivity index (χ2v) is 5.92. The molecule has 0 radical (unpaired) electrons. The zero-order valence-corrected chi connectivity index (χ0v) is 12.3. The highest BCUT2D eigenvalue weighted by molar-refractivity contribution is 5.95. The summed E-state index contributed by atoms with van der Waals surface area (Å²) in [6.07, 6.45) is 3.25. The number of anilines is 1. The Bertz CT molecular complexity index is 499. The number of fused-ring (bicyclic) bond motifs is 1. The molecule has 2 aliphatic rings. The maximum Gasteiger partial charge on any atom is 0.254 e. The van der Waals surface area contributed by atoms with Crippen molar-refractivity contribution < 1.29 is 4.79 Å². The minimum atomic E-state index is 0. The number of hydrogen-bond donors (Lipinski definition) is 1. The predicted octanol–water partition coefficient (Wildman–Crippen LogP) is 3.09. The summed E-state index contributed by atoms with van der Waals surface area (Å²) in [7, 11) is 0. The van der Waals surface area contributed by atoms with Crippen molar-refractivity contribution in [3.8, 4) is 0 Å². The van der Waals surface area contributed by atoms with Gasteiger partial charge in [-0.25, -0.2) is 0 Å². The van der Waals surface area contributed by atoms with Crippen LogP contribution < -0.4 is 5.32 Å². The standard InChI is InChI=1S/C15H20N2O.ClH/c1-15(2)7-3-9-17(15)14(18)12-4-5-13-11(10-12)6-8-16-13;/h4-5,10,16H,3,6-9H2,1-2H3;1H. The molecule has 0 saturated carbocycles. The Morgan fingerprint density at radius 3 is 2.84 bits per heavy atom. The van der Waals surface area contributed by atoms with E-state index in [2.05, 4.69) is 25.2 Å². The van der Waals surface area contributed by atoms with Crippen molar-refractivity contribution in [1.82, 2.24) is 4.90 Å². The molecule has 0 bridgehead atoms. The first-order valence-electron chi connectivity index (χ1n) is 6.77. The number of amides is 1. The smallest absolute Gasteiger partial charge is 0.254 e. The molecule has 0 aromatic heterocycles. The highest BCUT2D eigenvalue weighted by Crippen LogP contribution is 2.31.